The van der Waals surface area contributed by atoms with Gasteiger partial charge in [-0.2, -0.15) is 0 Å². The molecule has 0 amide bonds. The van der Waals surface area contributed by atoms with E-state index in [1.807, 2.05) is 36.1 Å². The fourth-order valence-corrected chi connectivity index (χ4v) is 4.27. The lowest BCUT2D eigenvalue weighted by Gasteiger charge is -2.37. The fourth-order valence-electron chi connectivity index (χ4n) is 4.27. The monoisotopic (exact) mass is 508 g/mol. The molecule has 0 radical (unpaired) electrons. The molecule has 1 fully saturated rings. The highest BCUT2D eigenvalue weighted by molar-refractivity contribution is 5.69. The molecule has 0 spiro atoms. The standard InChI is InChI=1S/C24H36N4O8/c1-19-2-4-20(5-3-19)12-21-13-27(16-24(34)35)9-8-25(14-22(30)31)6-7-26(15-23(32)33)10-11-28(21)17-36-18-29/h2-5,18,21H,6-17H2,1H3,(H,30,31)(H,32,33)(H,34,35). The minimum Gasteiger partial charge on any atom is -0.480 e. The Bertz CT molecular complexity index is 866. The number of carboxylic acid groups (broad SMARTS) is 3. The zero-order chi connectivity index (χ0) is 26.5. The molecule has 0 bridgehead atoms. The molecule has 0 aromatic heterocycles. The van der Waals surface area contributed by atoms with Crippen LogP contribution < -0.4 is 0 Å². The second-order valence-corrected chi connectivity index (χ2v) is 9.02. The predicted octanol–water partition coefficient (Wildman–Crippen LogP) is -0.488. The van der Waals surface area contributed by atoms with Crippen LogP contribution in [0.1, 0.15) is 11.1 Å². The summed E-state index contributed by atoms with van der Waals surface area (Å²) in [7, 11) is 0. The Morgan fingerprint density at radius 2 is 1.31 bits per heavy atom. The van der Waals surface area contributed by atoms with Crippen LogP contribution in [0.4, 0.5) is 0 Å². The van der Waals surface area contributed by atoms with Crippen LogP contribution in [0.3, 0.4) is 0 Å². The van der Waals surface area contributed by atoms with Gasteiger partial charge in [0.25, 0.3) is 6.47 Å². The number of carboxylic acids is 3. The van der Waals surface area contributed by atoms with Gasteiger partial charge in [-0.1, -0.05) is 29.8 Å². The molecule has 36 heavy (non-hydrogen) atoms. The van der Waals surface area contributed by atoms with E-state index in [2.05, 4.69) is 0 Å². The highest BCUT2D eigenvalue weighted by atomic mass is 16.5. The smallest absolute Gasteiger partial charge is 0.317 e. The third-order valence-electron chi connectivity index (χ3n) is 6.13. The second kappa shape index (κ2) is 15.1. The molecule has 1 atom stereocenters. The van der Waals surface area contributed by atoms with E-state index in [0.717, 1.165) is 11.1 Å². The first-order valence-corrected chi connectivity index (χ1v) is 11.8. The zero-order valence-corrected chi connectivity index (χ0v) is 20.6. The van der Waals surface area contributed by atoms with Gasteiger partial charge in [-0.15, -0.1) is 0 Å². The summed E-state index contributed by atoms with van der Waals surface area (Å²) in [5.74, 6) is -3.00. The van der Waals surface area contributed by atoms with Crippen molar-refractivity contribution in [1.29, 1.82) is 0 Å². The Hall–Kier alpha value is -3.06. The molecule has 3 N–H and O–H groups in total. The van der Waals surface area contributed by atoms with Gasteiger partial charge in [0.15, 0.2) is 0 Å². The van der Waals surface area contributed by atoms with E-state index >= 15 is 0 Å². The summed E-state index contributed by atoms with van der Waals surface area (Å²) in [6, 6.07) is 7.73. The predicted molar refractivity (Wildman–Crippen MR) is 130 cm³/mol. The van der Waals surface area contributed by atoms with E-state index in [1.165, 1.54) is 0 Å². The maximum Gasteiger partial charge on any atom is 0.317 e. The van der Waals surface area contributed by atoms with E-state index in [1.54, 1.807) is 14.7 Å². The van der Waals surface area contributed by atoms with Crippen LogP contribution in [0.15, 0.2) is 24.3 Å². The van der Waals surface area contributed by atoms with Crippen LogP contribution >= 0.6 is 0 Å². The summed E-state index contributed by atoms with van der Waals surface area (Å²) in [6.45, 7) is 3.97. The molecule has 2 rings (SSSR count). The Balaban J connectivity index is 2.36. The van der Waals surface area contributed by atoms with E-state index in [9.17, 15) is 34.5 Å². The van der Waals surface area contributed by atoms with Gasteiger partial charge in [0, 0.05) is 51.9 Å². The van der Waals surface area contributed by atoms with Gasteiger partial charge >= 0.3 is 17.9 Å². The quantitative estimate of drug-likeness (QED) is 0.331. The lowest BCUT2D eigenvalue weighted by atomic mass is 10.0. The van der Waals surface area contributed by atoms with Crippen LogP contribution in [-0.2, 0) is 30.3 Å². The summed E-state index contributed by atoms with van der Waals surface area (Å²) >= 11 is 0. The van der Waals surface area contributed by atoms with Gasteiger partial charge in [0.1, 0.15) is 6.73 Å². The van der Waals surface area contributed by atoms with E-state index < -0.39 is 17.9 Å². The Kier molecular flexibility index (Phi) is 12.3. The van der Waals surface area contributed by atoms with Gasteiger partial charge < -0.3 is 20.1 Å². The molecular weight excluding hydrogens is 472 g/mol. The molecule has 0 saturated carbocycles. The first-order valence-electron chi connectivity index (χ1n) is 11.8. The van der Waals surface area contributed by atoms with Crippen molar-refractivity contribution in [3.05, 3.63) is 35.4 Å². The van der Waals surface area contributed by atoms with E-state index in [-0.39, 0.29) is 32.4 Å². The van der Waals surface area contributed by atoms with Crippen molar-refractivity contribution in [2.45, 2.75) is 19.4 Å². The molecular formula is C24H36N4O8. The molecule has 1 aliphatic heterocycles. The van der Waals surface area contributed by atoms with Crippen molar-refractivity contribution in [2.24, 2.45) is 0 Å². The van der Waals surface area contributed by atoms with Crippen LogP contribution in [-0.4, -0.2) is 138 Å². The van der Waals surface area contributed by atoms with E-state index in [0.29, 0.717) is 58.7 Å². The van der Waals surface area contributed by atoms with Gasteiger partial charge in [0.2, 0.25) is 0 Å². The number of hydrogen-bond acceptors (Lipinski definition) is 9. The first kappa shape index (κ1) is 29.2. The van der Waals surface area contributed by atoms with Gasteiger partial charge in [-0.25, -0.2) is 0 Å². The van der Waals surface area contributed by atoms with Crippen LogP contribution in [0.2, 0.25) is 0 Å². The molecule has 0 aliphatic carbocycles. The van der Waals surface area contributed by atoms with Crippen molar-refractivity contribution in [3.8, 4) is 0 Å². The molecule has 1 aromatic carbocycles. The molecule has 12 nitrogen and oxygen atoms in total. The Morgan fingerprint density at radius 1 is 0.833 bits per heavy atom. The second-order valence-electron chi connectivity index (χ2n) is 9.02. The number of aryl methyl sites for hydroxylation is 1. The number of carbonyl (C=O) groups excluding carboxylic acids is 1. The maximum absolute atomic E-state index is 11.6. The topological polar surface area (TPSA) is 151 Å². The average molecular weight is 509 g/mol. The SMILES string of the molecule is Cc1ccc(CC2CN(CC(=O)O)CCN(CC(=O)O)CCN(CC(=O)O)CCN2COC=O)cc1. The highest BCUT2D eigenvalue weighted by Crippen LogP contribution is 2.14. The summed E-state index contributed by atoms with van der Waals surface area (Å²) in [5.41, 5.74) is 2.13. The van der Waals surface area contributed by atoms with Crippen molar-refractivity contribution in [3.63, 3.8) is 0 Å². The maximum atomic E-state index is 11.6. The summed E-state index contributed by atoms with van der Waals surface area (Å²) < 4.78 is 5.08. The number of benzene rings is 1. The lowest BCUT2D eigenvalue weighted by Crippen LogP contribution is -2.53. The first-order chi connectivity index (χ1) is 17.2. The molecule has 12 heteroatoms. The third-order valence-corrected chi connectivity index (χ3v) is 6.13. The Morgan fingerprint density at radius 3 is 1.81 bits per heavy atom. The average Bonchev–Trinajstić information content (AvgIpc) is 2.79. The van der Waals surface area contributed by atoms with Crippen molar-refractivity contribution >= 4 is 24.4 Å². The van der Waals surface area contributed by atoms with E-state index in [4.69, 9.17) is 4.74 Å². The Labute approximate surface area is 210 Å². The largest absolute Gasteiger partial charge is 0.480 e. The third kappa shape index (κ3) is 11.1. The minimum absolute atomic E-state index is 0.0208. The lowest BCUT2D eigenvalue weighted by molar-refractivity contribution is -0.141. The number of carbonyl (C=O) groups is 4. The molecule has 1 aromatic rings. The summed E-state index contributed by atoms with van der Waals surface area (Å²) in [5, 5.41) is 28.2. The number of aliphatic carboxylic acids is 3. The van der Waals surface area contributed by atoms with Gasteiger partial charge in [-0.3, -0.25) is 38.8 Å². The zero-order valence-electron chi connectivity index (χ0n) is 20.6. The van der Waals surface area contributed by atoms with Gasteiger partial charge in [0.05, 0.1) is 19.6 Å². The van der Waals surface area contributed by atoms with Gasteiger partial charge in [-0.05, 0) is 18.9 Å². The number of nitrogens with zero attached hydrogens (tertiary/aromatic N) is 4. The summed E-state index contributed by atoms with van der Waals surface area (Å²) in [6.07, 6.45) is 0.552. The highest BCUT2D eigenvalue weighted by Gasteiger charge is 2.26. The molecule has 200 valence electrons. The number of hydrogen-bond donors (Lipinski definition) is 3. The summed E-state index contributed by atoms with van der Waals surface area (Å²) in [4.78, 5) is 52.5. The van der Waals surface area contributed by atoms with Crippen molar-refractivity contribution < 1.29 is 39.2 Å². The molecule has 1 unspecified atom stereocenters. The molecule has 1 aliphatic rings. The van der Waals surface area contributed by atoms with Crippen LogP contribution in [0.25, 0.3) is 0 Å². The molecule has 1 saturated heterocycles. The van der Waals surface area contributed by atoms with Crippen molar-refractivity contribution in [2.75, 3.05) is 72.2 Å². The molecule has 1 heterocycles. The van der Waals surface area contributed by atoms with Crippen LogP contribution in [0.5, 0.6) is 0 Å². The normalized spacial score (nSPS) is 19.6. The number of ether oxygens (including phenoxy) is 1. The fraction of sp³-hybridized carbons (Fsp3) is 0.583. The van der Waals surface area contributed by atoms with Crippen molar-refractivity contribution in [1.82, 2.24) is 19.6 Å². The van der Waals surface area contributed by atoms with Crippen LogP contribution in [0, 0.1) is 6.92 Å². The minimum atomic E-state index is -1.01. The number of rotatable bonds is 11.